The average molecular weight is 253 g/mol. The molecule has 0 aliphatic rings. The van der Waals surface area contributed by atoms with E-state index in [2.05, 4.69) is 15.0 Å². The lowest BCUT2D eigenvalue weighted by Gasteiger charge is -1.99. The first kappa shape index (κ1) is 11.0. The monoisotopic (exact) mass is 253 g/mol. The molecule has 0 atom stereocenters. The Labute approximate surface area is 109 Å². The number of nitrogens with zero attached hydrogens (tertiary/aromatic N) is 3. The first-order valence-electron chi connectivity index (χ1n) is 5.63. The van der Waals surface area contributed by atoms with Crippen LogP contribution in [0.2, 0.25) is 0 Å². The van der Waals surface area contributed by atoms with Gasteiger partial charge in [0, 0.05) is 17.8 Å². The average Bonchev–Trinajstić information content (AvgIpc) is 2.90. The van der Waals surface area contributed by atoms with E-state index >= 15 is 0 Å². The molecule has 0 aliphatic carbocycles. The van der Waals surface area contributed by atoms with Crippen molar-refractivity contribution in [1.29, 1.82) is 0 Å². The number of pyridine rings is 2. The second-order valence-electron chi connectivity index (χ2n) is 3.92. The van der Waals surface area contributed by atoms with Crippen LogP contribution in [0.4, 0.5) is 0 Å². The van der Waals surface area contributed by atoms with Gasteiger partial charge in [0.2, 0.25) is 0 Å². The first-order valence-corrected chi connectivity index (χ1v) is 6.51. The third kappa shape index (κ3) is 2.02. The van der Waals surface area contributed by atoms with E-state index in [1.54, 1.807) is 23.7 Å². The molecule has 0 bridgehead atoms. The molecule has 0 aromatic carbocycles. The lowest BCUT2D eigenvalue weighted by Crippen LogP contribution is -1.87. The molecule has 88 valence electrons. The fraction of sp³-hybridized carbons (Fsp3) is 0.0714. The van der Waals surface area contributed by atoms with Gasteiger partial charge in [-0.15, -0.1) is 11.3 Å². The fourth-order valence-corrected chi connectivity index (χ4v) is 2.60. The fourth-order valence-electron chi connectivity index (χ4n) is 1.72. The molecule has 4 heteroatoms. The molecule has 18 heavy (non-hydrogen) atoms. The summed E-state index contributed by atoms with van der Waals surface area (Å²) in [5.74, 6) is 0. The Kier molecular flexibility index (Phi) is 2.86. The molecule has 3 rings (SSSR count). The molecule has 0 aliphatic heterocycles. The summed E-state index contributed by atoms with van der Waals surface area (Å²) < 4.78 is 0. The summed E-state index contributed by atoms with van der Waals surface area (Å²) in [6, 6.07) is 9.81. The van der Waals surface area contributed by atoms with Crippen molar-refractivity contribution in [3.63, 3.8) is 0 Å². The molecule has 0 fully saturated rings. The first-order chi connectivity index (χ1) is 8.84. The quantitative estimate of drug-likeness (QED) is 0.700. The summed E-state index contributed by atoms with van der Waals surface area (Å²) >= 11 is 1.60. The Bertz CT molecular complexity index is 662. The van der Waals surface area contributed by atoms with Crippen molar-refractivity contribution in [3.8, 4) is 22.1 Å². The largest absolute Gasteiger partial charge is 0.255 e. The van der Waals surface area contributed by atoms with E-state index in [0.717, 1.165) is 27.7 Å². The molecule has 3 aromatic heterocycles. The highest BCUT2D eigenvalue weighted by atomic mass is 32.1. The van der Waals surface area contributed by atoms with Gasteiger partial charge in [-0.05, 0) is 30.7 Å². The van der Waals surface area contributed by atoms with E-state index in [0.29, 0.717) is 0 Å². The van der Waals surface area contributed by atoms with Crippen LogP contribution in [0.25, 0.3) is 22.1 Å². The molecule has 0 N–H and O–H groups in total. The summed E-state index contributed by atoms with van der Waals surface area (Å²) in [7, 11) is 0. The van der Waals surface area contributed by atoms with E-state index in [4.69, 9.17) is 0 Å². The molecule has 0 saturated carbocycles. The Morgan fingerprint density at radius 3 is 2.61 bits per heavy atom. The van der Waals surface area contributed by atoms with Crippen LogP contribution in [0.3, 0.4) is 0 Å². The molecule has 0 amide bonds. The SMILES string of the molecule is Cc1cccnc1-c1nc(-c2ccccn2)cs1. The smallest absolute Gasteiger partial charge is 0.142 e. The second-order valence-corrected chi connectivity index (χ2v) is 4.78. The van der Waals surface area contributed by atoms with E-state index < -0.39 is 0 Å². The molecule has 3 aromatic rings. The summed E-state index contributed by atoms with van der Waals surface area (Å²) in [5, 5.41) is 2.96. The molecule has 0 spiro atoms. The molecule has 3 nitrogen and oxygen atoms in total. The molecule has 0 unspecified atom stereocenters. The highest BCUT2D eigenvalue weighted by Gasteiger charge is 2.09. The van der Waals surface area contributed by atoms with Gasteiger partial charge in [-0.2, -0.15) is 0 Å². The summed E-state index contributed by atoms with van der Waals surface area (Å²) in [6.45, 7) is 2.05. The van der Waals surface area contributed by atoms with Crippen molar-refractivity contribution in [3.05, 3.63) is 53.7 Å². The minimum Gasteiger partial charge on any atom is -0.255 e. The number of rotatable bonds is 2. The van der Waals surface area contributed by atoms with Crippen molar-refractivity contribution in [2.45, 2.75) is 6.92 Å². The van der Waals surface area contributed by atoms with Crippen LogP contribution < -0.4 is 0 Å². The lowest BCUT2D eigenvalue weighted by atomic mass is 10.2. The van der Waals surface area contributed by atoms with Crippen LogP contribution in [-0.2, 0) is 0 Å². The standard InChI is InChI=1S/C14H11N3S/c1-10-5-4-8-16-13(10)14-17-12(9-18-14)11-6-2-3-7-15-11/h2-9H,1H3. The maximum atomic E-state index is 4.61. The topological polar surface area (TPSA) is 38.7 Å². The Morgan fingerprint density at radius 2 is 1.83 bits per heavy atom. The van der Waals surface area contributed by atoms with Crippen LogP contribution in [0.1, 0.15) is 5.56 Å². The Hall–Kier alpha value is -2.07. The molecule has 0 radical (unpaired) electrons. The third-order valence-electron chi connectivity index (χ3n) is 2.64. The predicted molar refractivity (Wildman–Crippen MR) is 73.3 cm³/mol. The summed E-state index contributed by atoms with van der Waals surface area (Å²) in [5.41, 5.74) is 3.89. The number of aromatic nitrogens is 3. The van der Waals surface area contributed by atoms with Gasteiger partial charge >= 0.3 is 0 Å². The zero-order chi connectivity index (χ0) is 12.4. The predicted octanol–water partition coefficient (Wildman–Crippen LogP) is 3.58. The van der Waals surface area contributed by atoms with Gasteiger partial charge in [0.15, 0.2) is 0 Å². The summed E-state index contributed by atoms with van der Waals surface area (Å²) in [6.07, 6.45) is 3.57. The van der Waals surface area contributed by atoms with E-state index in [1.165, 1.54) is 0 Å². The van der Waals surface area contributed by atoms with Gasteiger partial charge in [0.1, 0.15) is 16.4 Å². The number of hydrogen-bond acceptors (Lipinski definition) is 4. The van der Waals surface area contributed by atoms with Crippen LogP contribution >= 0.6 is 11.3 Å². The Balaban J connectivity index is 2.03. The van der Waals surface area contributed by atoms with Gasteiger partial charge in [0.05, 0.1) is 5.69 Å². The number of aryl methyl sites for hydroxylation is 1. The van der Waals surface area contributed by atoms with Gasteiger partial charge < -0.3 is 0 Å². The molecule has 0 saturated heterocycles. The van der Waals surface area contributed by atoms with Crippen molar-refractivity contribution in [2.24, 2.45) is 0 Å². The van der Waals surface area contributed by atoms with Crippen molar-refractivity contribution < 1.29 is 0 Å². The lowest BCUT2D eigenvalue weighted by molar-refractivity contribution is 1.23. The Morgan fingerprint density at radius 1 is 0.944 bits per heavy atom. The van der Waals surface area contributed by atoms with Crippen LogP contribution in [0.15, 0.2) is 48.1 Å². The van der Waals surface area contributed by atoms with Crippen molar-refractivity contribution in [2.75, 3.05) is 0 Å². The van der Waals surface area contributed by atoms with Crippen LogP contribution in [-0.4, -0.2) is 15.0 Å². The van der Waals surface area contributed by atoms with Gasteiger partial charge in [-0.25, -0.2) is 4.98 Å². The minimum absolute atomic E-state index is 0.897. The molecular weight excluding hydrogens is 242 g/mol. The van der Waals surface area contributed by atoms with E-state index in [1.807, 2.05) is 42.6 Å². The highest BCUT2D eigenvalue weighted by Crippen LogP contribution is 2.28. The number of thiazole rings is 1. The maximum Gasteiger partial charge on any atom is 0.142 e. The molecule has 3 heterocycles. The van der Waals surface area contributed by atoms with Crippen LogP contribution in [0, 0.1) is 6.92 Å². The van der Waals surface area contributed by atoms with Gasteiger partial charge in [-0.1, -0.05) is 12.1 Å². The zero-order valence-corrected chi connectivity index (χ0v) is 10.7. The van der Waals surface area contributed by atoms with Crippen molar-refractivity contribution >= 4 is 11.3 Å². The van der Waals surface area contributed by atoms with Gasteiger partial charge in [-0.3, -0.25) is 9.97 Å². The molecular formula is C14H11N3S. The van der Waals surface area contributed by atoms with E-state index in [-0.39, 0.29) is 0 Å². The minimum atomic E-state index is 0.897. The number of hydrogen-bond donors (Lipinski definition) is 0. The highest BCUT2D eigenvalue weighted by molar-refractivity contribution is 7.13. The third-order valence-corrected chi connectivity index (χ3v) is 3.49. The second kappa shape index (κ2) is 4.66. The van der Waals surface area contributed by atoms with Gasteiger partial charge in [0.25, 0.3) is 0 Å². The van der Waals surface area contributed by atoms with E-state index in [9.17, 15) is 0 Å². The zero-order valence-electron chi connectivity index (χ0n) is 9.87. The van der Waals surface area contributed by atoms with Crippen molar-refractivity contribution in [1.82, 2.24) is 15.0 Å². The maximum absolute atomic E-state index is 4.61. The normalized spacial score (nSPS) is 10.5. The summed E-state index contributed by atoms with van der Waals surface area (Å²) in [4.78, 5) is 13.3. The van der Waals surface area contributed by atoms with Crippen LogP contribution in [0.5, 0.6) is 0 Å².